The van der Waals surface area contributed by atoms with Gasteiger partial charge in [0.05, 0.1) is 0 Å². The molecule has 0 spiro atoms. The monoisotopic (exact) mass is 194 g/mol. The third kappa shape index (κ3) is 7.44. The van der Waals surface area contributed by atoms with Crippen molar-refractivity contribution in [3.05, 3.63) is 0 Å². The SMILES string of the molecule is SCC[Si](Cl)(Cl)Cl. The van der Waals surface area contributed by atoms with Crippen molar-refractivity contribution in [3.63, 3.8) is 0 Å². The van der Waals surface area contributed by atoms with Gasteiger partial charge in [-0.1, -0.05) is 0 Å². The highest BCUT2D eigenvalue weighted by Gasteiger charge is 2.22. The zero-order valence-electron chi connectivity index (χ0n) is 3.50. The third-order valence-electron chi connectivity index (χ3n) is 0.395. The summed E-state index contributed by atoms with van der Waals surface area (Å²) in [4.78, 5) is 0. The Kier molecular flexibility index (Phi) is 4.17. The molecule has 0 aromatic rings. The van der Waals surface area contributed by atoms with E-state index in [-0.39, 0.29) is 0 Å². The van der Waals surface area contributed by atoms with Gasteiger partial charge in [0, 0.05) is 0 Å². The van der Waals surface area contributed by atoms with E-state index in [1.54, 1.807) is 0 Å². The van der Waals surface area contributed by atoms with Crippen LogP contribution in [0.1, 0.15) is 0 Å². The number of hydrogen-bond donors (Lipinski definition) is 1. The van der Waals surface area contributed by atoms with Crippen molar-refractivity contribution in [2.24, 2.45) is 0 Å². The minimum absolute atomic E-state index is 0.640. The molecule has 0 aliphatic heterocycles. The first kappa shape index (κ1) is 8.44. The van der Waals surface area contributed by atoms with E-state index in [9.17, 15) is 0 Å². The topological polar surface area (TPSA) is 0 Å². The van der Waals surface area contributed by atoms with Crippen molar-refractivity contribution in [3.8, 4) is 0 Å². The lowest BCUT2D eigenvalue weighted by molar-refractivity contribution is 1.50. The van der Waals surface area contributed by atoms with Crippen LogP contribution in [0.4, 0.5) is 0 Å². The summed E-state index contributed by atoms with van der Waals surface area (Å²) in [5.74, 6) is 0.669. The molecule has 0 aliphatic rings. The quantitative estimate of drug-likeness (QED) is 0.391. The van der Waals surface area contributed by atoms with E-state index in [2.05, 4.69) is 12.6 Å². The molecular formula is C2H5Cl3SSi. The summed E-state index contributed by atoms with van der Waals surface area (Å²) in [5, 5.41) is 0. The van der Waals surface area contributed by atoms with E-state index >= 15 is 0 Å². The molecule has 44 valence electrons. The number of rotatable bonds is 2. The van der Waals surface area contributed by atoms with Gasteiger partial charge in [0.15, 0.2) is 0 Å². The van der Waals surface area contributed by atoms with Gasteiger partial charge in [0.25, 0.3) is 0 Å². The molecule has 0 rings (SSSR count). The van der Waals surface area contributed by atoms with Crippen molar-refractivity contribution in [1.29, 1.82) is 0 Å². The predicted octanol–water partition coefficient (Wildman–Crippen LogP) is 2.57. The maximum Gasteiger partial charge on any atom is 0.342 e. The minimum Gasteiger partial charge on any atom is -0.180 e. The lowest BCUT2D eigenvalue weighted by Gasteiger charge is -2.01. The lowest BCUT2D eigenvalue weighted by atomic mass is 11.0. The number of hydrogen-bond acceptors (Lipinski definition) is 1. The molecule has 0 saturated carbocycles. The third-order valence-corrected chi connectivity index (χ3v) is 3.56. The van der Waals surface area contributed by atoms with Crippen LogP contribution in [0.25, 0.3) is 0 Å². The smallest absolute Gasteiger partial charge is 0.180 e. The molecule has 0 aromatic carbocycles. The Morgan fingerprint density at radius 3 is 1.71 bits per heavy atom. The standard InChI is InChI=1S/C2H5Cl3SSi/c3-7(4,5)2-1-6/h6H,1-2H2. The summed E-state index contributed by atoms with van der Waals surface area (Å²) in [6.07, 6.45) is 0. The first-order valence-corrected chi connectivity index (χ1v) is 7.61. The van der Waals surface area contributed by atoms with Gasteiger partial charge in [0.2, 0.25) is 0 Å². The van der Waals surface area contributed by atoms with Gasteiger partial charge >= 0.3 is 6.00 Å². The van der Waals surface area contributed by atoms with E-state index in [0.29, 0.717) is 11.8 Å². The molecule has 0 aliphatic carbocycles. The molecule has 0 atom stereocenters. The van der Waals surface area contributed by atoms with Gasteiger partial charge in [-0.2, -0.15) is 12.6 Å². The number of halogens is 3. The highest BCUT2D eigenvalue weighted by molar-refractivity contribution is 7.80. The number of thiol groups is 1. The van der Waals surface area contributed by atoms with Gasteiger partial charge in [-0.3, -0.25) is 0 Å². The van der Waals surface area contributed by atoms with Crippen LogP contribution in [0.3, 0.4) is 0 Å². The molecule has 0 aromatic heterocycles. The Bertz CT molecular complexity index is 51.4. The Labute approximate surface area is 63.7 Å². The Balaban J connectivity index is 3.15. The van der Waals surface area contributed by atoms with E-state index in [1.165, 1.54) is 0 Å². The maximum absolute atomic E-state index is 5.45. The fraction of sp³-hybridized carbons (Fsp3) is 1.00. The second-order valence-corrected chi connectivity index (χ2v) is 10.8. The average molecular weight is 196 g/mol. The van der Waals surface area contributed by atoms with E-state index < -0.39 is 6.00 Å². The highest BCUT2D eigenvalue weighted by Crippen LogP contribution is 2.24. The van der Waals surface area contributed by atoms with Gasteiger partial charge in [-0.15, -0.1) is 33.2 Å². The van der Waals surface area contributed by atoms with Crippen molar-refractivity contribution < 1.29 is 0 Å². The fourth-order valence-electron chi connectivity index (χ4n) is 0.127. The molecule has 0 nitrogen and oxygen atoms in total. The van der Waals surface area contributed by atoms with Gasteiger partial charge < -0.3 is 0 Å². The van der Waals surface area contributed by atoms with E-state index in [0.717, 1.165) is 0 Å². The van der Waals surface area contributed by atoms with Crippen LogP contribution in [0.5, 0.6) is 0 Å². The Morgan fingerprint density at radius 2 is 1.71 bits per heavy atom. The summed E-state index contributed by atoms with van der Waals surface area (Å²) in [5.41, 5.74) is 0. The molecule has 0 unspecified atom stereocenters. The van der Waals surface area contributed by atoms with Crippen LogP contribution in [-0.4, -0.2) is 11.8 Å². The van der Waals surface area contributed by atoms with Crippen molar-refractivity contribution in [2.75, 3.05) is 5.75 Å². The first-order chi connectivity index (χ1) is 3.06. The molecule has 0 N–H and O–H groups in total. The van der Waals surface area contributed by atoms with Gasteiger partial charge in [0.1, 0.15) is 0 Å². The van der Waals surface area contributed by atoms with Crippen LogP contribution >= 0.6 is 45.9 Å². The largest absolute Gasteiger partial charge is 0.342 e. The predicted molar refractivity (Wildman–Crippen MR) is 42.0 cm³/mol. The van der Waals surface area contributed by atoms with Gasteiger partial charge in [-0.25, -0.2) is 0 Å². The zero-order valence-corrected chi connectivity index (χ0v) is 7.66. The normalized spacial score (nSPS) is 12.0. The summed E-state index contributed by atoms with van der Waals surface area (Å²) in [6, 6.07) is -1.68. The van der Waals surface area contributed by atoms with Crippen LogP contribution < -0.4 is 0 Å². The van der Waals surface area contributed by atoms with E-state index in [4.69, 9.17) is 33.2 Å². The molecule has 0 bridgehead atoms. The Hall–Kier alpha value is 1.44. The van der Waals surface area contributed by atoms with Crippen LogP contribution in [0, 0.1) is 0 Å². The van der Waals surface area contributed by atoms with Crippen molar-refractivity contribution >= 4 is 51.9 Å². The molecule has 0 saturated heterocycles. The van der Waals surface area contributed by atoms with Crippen LogP contribution in [-0.2, 0) is 0 Å². The molecular weight excluding hydrogens is 191 g/mol. The Morgan fingerprint density at radius 1 is 1.29 bits per heavy atom. The average Bonchev–Trinajstić information content (AvgIpc) is 1.30. The van der Waals surface area contributed by atoms with Gasteiger partial charge in [-0.05, 0) is 11.8 Å². The highest BCUT2D eigenvalue weighted by atomic mass is 35.8. The first-order valence-electron chi connectivity index (χ1n) is 1.74. The summed E-state index contributed by atoms with van der Waals surface area (Å²) in [6.45, 7) is 0. The fourth-order valence-corrected chi connectivity index (χ4v) is 3.42. The maximum atomic E-state index is 5.45. The van der Waals surface area contributed by atoms with Crippen LogP contribution in [0.2, 0.25) is 6.04 Å². The summed E-state index contributed by atoms with van der Waals surface area (Å²) < 4.78 is 0. The molecule has 0 heterocycles. The molecule has 0 radical (unpaired) electrons. The molecule has 5 heteroatoms. The van der Waals surface area contributed by atoms with Crippen molar-refractivity contribution in [1.82, 2.24) is 0 Å². The van der Waals surface area contributed by atoms with Crippen molar-refractivity contribution in [2.45, 2.75) is 6.04 Å². The van der Waals surface area contributed by atoms with E-state index in [1.807, 2.05) is 0 Å². The molecule has 0 amide bonds. The summed E-state index contributed by atoms with van der Waals surface area (Å²) in [7, 11) is 0. The minimum atomic E-state index is -2.32. The van der Waals surface area contributed by atoms with Crippen LogP contribution in [0.15, 0.2) is 0 Å². The lowest BCUT2D eigenvalue weighted by Crippen LogP contribution is -2.08. The zero-order chi connectivity index (χ0) is 5.91. The second kappa shape index (κ2) is 3.46. The molecule has 0 fully saturated rings. The molecule has 7 heavy (non-hydrogen) atoms. The summed E-state index contributed by atoms with van der Waals surface area (Å²) >= 11 is 20.3. The second-order valence-electron chi connectivity index (χ2n) is 1.09.